The Hall–Kier alpha value is -1.22. The zero-order valence-corrected chi connectivity index (χ0v) is 11.4. The first-order valence-corrected chi connectivity index (χ1v) is 6.71. The molecule has 0 amide bonds. The first-order valence-electron chi connectivity index (χ1n) is 6.71. The average Bonchev–Trinajstić information content (AvgIpc) is 2.85. The van der Waals surface area contributed by atoms with Gasteiger partial charge in [-0.25, -0.2) is 0 Å². The maximum atomic E-state index is 12.8. The first kappa shape index (κ1) is 13.2. The summed E-state index contributed by atoms with van der Waals surface area (Å²) in [6.45, 7) is 4.03. The van der Waals surface area contributed by atoms with Crippen LogP contribution in [-0.2, 0) is 16.0 Å². The lowest BCUT2D eigenvalue weighted by Gasteiger charge is -2.31. The minimum Gasteiger partial charge on any atom is -0.370 e. The Bertz CT molecular complexity index is 430. The monoisotopic (exact) mass is 247 g/mol. The van der Waals surface area contributed by atoms with Crippen LogP contribution in [0.4, 0.5) is 0 Å². The highest BCUT2D eigenvalue weighted by atomic mass is 16.5. The molecule has 1 aromatic rings. The predicted molar refractivity (Wildman–Crippen MR) is 70.6 cm³/mol. The van der Waals surface area contributed by atoms with Crippen molar-refractivity contribution in [1.29, 1.82) is 0 Å². The summed E-state index contributed by atoms with van der Waals surface area (Å²) < 4.78 is 5.55. The zero-order chi connectivity index (χ0) is 13.2. The van der Waals surface area contributed by atoms with Crippen LogP contribution in [0.2, 0.25) is 0 Å². The minimum atomic E-state index is -0.635. The highest BCUT2D eigenvalue weighted by molar-refractivity contribution is 5.93. The Labute approximate surface area is 109 Å². The number of aromatic nitrogens is 1. The average molecular weight is 247 g/mol. The summed E-state index contributed by atoms with van der Waals surface area (Å²) in [6, 6.07) is 4.01. The van der Waals surface area contributed by atoms with Gasteiger partial charge in [-0.15, -0.1) is 0 Å². The Morgan fingerprint density at radius 1 is 1.50 bits per heavy atom. The second-order valence-corrected chi connectivity index (χ2v) is 4.91. The van der Waals surface area contributed by atoms with Gasteiger partial charge in [-0.3, -0.25) is 9.78 Å². The van der Waals surface area contributed by atoms with E-state index in [0.717, 1.165) is 31.4 Å². The Kier molecular flexibility index (Phi) is 3.81. The first-order chi connectivity index (χ1) is 8.68. The van der Waals surface area contributed by atoms with Gasteiger partial charge >= 0.3 is 0 Å². The van der Waals surface area contributed by atoms with Gasteiger partial charge in [0.1, 0.15) is 5.60 Å². The molecule has 3 nitrogen and oxygen atoms in total. The lowest BCUT2D eigenvalue weighted by molar-refractivity contribution is -0.143. The van der Waals surface area contributed by atoms with Crippen molar-refractivity contribution in [3.05, 3.63) is 29.6 Å². The quantitative estimate of drug-likeness (QED) is 0.803. The molecule has 0 aromatic carbocycles. The summed E-state index contributed by atoms with van der Waals surface area (Å²) in [5.41, 5.74) is 1.54. The van der Waals surface area contributed by atoms with Crippen LogP contribution in [0.1, 0.15) is 50.3 Å². The maximum absolute atomic E-state index is 12.8. The number of hydrogen-bond acceptors (Lipinski definition) is 3. The molecule has 0 fully saturated rings. The Balaban J connectivity index is 2.31. The molecule has 18 heavy (non-hydrogen) atoms. The smallest absolute Gasteiger partial charge is 0.173 e. The maximum Gasteiger partial charge on any atom is 0.173 e. The predicted octanol–water partition coefficient (Wildman–Crippen LogP) is 2.89. The van der Waals surface area contributed by atoms with Crippen molar-refractivity contribution in [2.75, 3.05) is 7.11 Å². The van der Waals surface area contributed by atoms with E-state index in [0.29, 0.717) is 0 Å². The lowest BCUT2D eigenvalue weighted by atomic mass is 9.83. The van der Waals surface area contributed by atoms with Crippen LogP contribution in [0, 0.1) is 0 Å². The molecule has 0 saturated carbocycles. The van der Waals surface area contributed by atoms with Gasteiger partial charge in [-0.2, -0.15) is 0 Å². The van der Waals surface area contributed by atoms with Crippen molar-refractivity contribution in [2.24, 2.45) is 0 Å². The van der Waals surface area contributed by atoms with Gasteiger partial charge in [0.15, 0.2) is 5.78 Å². The second kappa shape index (κ2) is 5.19. The van der Waals surface area contributed by atoms with Crippen molar-refractivity contribution >= 4 is 5.78 Å². The van der Waals surface area contributed by atoms with Crippen molar-refractivity contribution in [2.45, 2.75) is 51.0 Å². The molecule has 0 aliphatic heterocycles. The molecule has 1 aliphatic rings. The lowest BCUT2D eigenvalue weighted by Crippen LogP contribution is -2.42. The topological polar surface area (TPSA) is 39.2 Å². The second-order valence-electron chi connectivity index (χ2n) is 4.91. The molecule has 3 heteroatoms. The van der Waals surface area contributed by atoms with E-state index in [4.69, 9.17) is 4.74 Å². The third-order valence-corrected chi connectivity index (χ3v) is 4.26. The van der Waals surface area contributed by atoms with E-state index in [-0.39, 0.29) is 11.7 Å². The summed E-state index contributed by atoms with van der Waals surface area (Å²) in [6.07, 6.45) is 5.04. The number of fused-ring (bicyclic) bond motifs is 1. The number of aryl methyl sites for hydroxylation is 1. The summed E-state index contributed by atoms with van der Waals surface area (Å²) in [5, 5.41) is 0. The number of carbonyl (C=O) groups is 1. The number of rotatable bonds is 5. The fraction of sp³-hybridized carbons (Fsp3) is 0.600. The van der Waals surface area contributed by atoms with Crippen molar-refractivity contribution in [3.63, 3.8) is 0 Å². The van der Waals surface area contributed by atoms with E-state index in [1.807, 2.05) is 19.9 Å². The summed E-state index contributed by atoms with van der Waals surface area (Å²) in [4.78, 5) is 17.2. The SMILES string of the molecule is CCC(CC)(OC)C(=O)C1CCc2cccnc21. The molecule has 0 bridgehead atoms. The van der Waals surface area contributed by atoms with Crippen LogP contribution in [0.5, 0.6) is 0 Å². The fourth-order valence-electron chi connectivity index (χ4n) is 2.97. The molecular formula is C15H21NO2. The Morgan fingerprint density at radius 3 is 2.83 bits per heavy atom. The number of ketones is 1. The number of hydrogen-bond donors (Lipinski definition) is 0. The summed E-state index contributed by atoms with van der Waals surface area (Å²) in [7, 11) is 1.64. The van der Waals surface area contributed by atoms with Crippen LogP contribution in [0.3, 0.4) is 0 Å². The minimum absolute atomic E-state index is 0.0824. The van der Waals surface area contributed by atoms with Crippen molar-refractivity contribution < 1.29 is 9.53 Å². The Morgan fingerprint density at radius 2 is 2.22 bits per heavy atom. The number of nitrogens with zero attached hydrogens (tertiary/aromatic N) is 1. The highest BCUT2D eigenvalue weighted by Crippen LogP contribution is 2.37. The largest absolute Gasteiger partial charge is 0.370 e. The van der Waals surface area contributed by atoms with Gasteiger partial charge in [-0.05, 0) is 37.3 Å². The van der Waals surface area contributed by atoms with E-state index in [1.54, 1.807) is 13.3 Å². The molecular weight excluding hydrogens is 226 g/mol. The fourth-order valence-corrected chi connectivity index (χ4v) is 2.97. The molecule has 2 rings (SSSR count). The van der Waals surface area contributed by atoms with E-state index in [2.05, 4.69) is 11.1 Å². The normalized spacial score (nSPS) is 18.7. The zero-order valence-electron chi connectivity index (χ0n) is 11.4. The molecule has 1 aromatic heterocycles. The standard InChI is InChI=1S/C15H21NO2/c1-4-15(5-2,18-3)14(17)12-9-8-11-7-6-10-16-13(11)12/h6-7,10,12H,4-5,8-9H2,1-3H3. The third kappa shape index (κ3) is 1.97. The molecule has 1 heterocycles. The van der Waals surface area contributed by atoms with E-state index in [9.17, 15) is 4.79 Å². The van der Waals surface area contributed by atoms with E-state index < -0.39 is 5.60 Å². The molecule has 1 atom stereocenters. The van der Waals surface area contributed by atoms with Crippen molar-refractivity contribution in [1.82, 2.24) is 4.98 Å². The van der Waals surface area contributed by atoms with Crippen LogP contribution in [0.25, 0.3) is 0 Å². The molecule has 1 aliphatic carbocycles. The number of pyridine rings is 1. The molecule has 0 radical (unpaired) electrons. The molecule has 0 N–H and O–H groups in total. The third-order valence-electron chi connectivity index (χ3n) is 4.26. The number of ether oxygens (including phenoxy) is 1. The number of carbonyl (C=O) groups excluding carboxylic acids is 1. The number of Topliss-reactive ketones (excluding diaryl/α,β-unsaturated/α-hetero) is 1. The van der Waals surface area contributed by atoms with Gasteiger partial charge < -0.3 is 4.74 Å². The summed E-state index contributed by atoms with van der Waals surface area (Å²) in [5.74, 6) is 0.119. The van der Waals surface area contributed by atoms with Gasteiger partial charge in [0, 0.05) is 13.3 Å². The van der Waals surface area contributed by atoms with E-state index in [1.165, 1.54) is 5.56 Å². The highest BCUT2D eigenvalue weighted by Gasteiger charge is 2.42. The van der Waals surface area contributed by atoms with Crippen LogP contribution in [0.15, 0.2) is 18.3 Å². The van der Waals surface area contributed by atoms with Gasteiger partial charge in [-0.1, -0.05) is 19.9 Å². The van der Waals surface area contributed by atoms with Gasteiger partial charge in [0.05, 0.1) is 11.6 Å². The molecule has 0 saturated heterocycles. The van der Waals surface area contributed by atoms with Crippen molar-refractivity contribution in [3.8, 4) is 0 Å². The van der Waals surface area contributed by atoms with Gasteiger partial charge in [0.25, 0.3) is 0 Å². The van der Waals surface area contributed by atoms with Gasteiger partial charge in [0.2, 0.25) is 0 Å². The summed E-state index contributed by atoms with van der Waals surface area (Å²) >= 11 is 0. The number of methoxy groups -OCH3 is 1. The molecule has 98 valence electrons. The van der Waals surface area contributed by atoms with Crippen LogP contribution < -0.4 is 0 Å². The molecule has 1 unspecified atom stereocenters. The van der Waals surface area contributed by atoms with Crippen LogP contribution >= 0.6 is 0 Å². The molecule has 0 spiro atoms. The van der Waals surface area contributed by atoms with E-state index >= 15 is 0 Å². The van der Waals surface area contributed by atoms with Crippen LogP contribution in [-0.4, -0.2) is 23.5 Å².